The van der Waals surface area contributed by atoms with E-state index < -0.39 is 5.92 Å². The highest BCUT2D eigenvalue weighted by atomic mass is 32.1. The molecule has 2 fully saturated rings. The highest BCUT2D eigenvalue weighted by molar-refractivity contribution is 7.21. The lowest BCUT2D eigenvalue weighted by Crippen LogP contribution is -2.39. The first-order valence-electron chi connectivity index (χ1n) is 11.3. The Morgan fingerprint density at radius 1 is 1.12 bits per heavy atom. The SMILES string of the molecule is O[C@H]1CC[C@H](Nc2nc(CN3CCC(F)(F)CC3)cc(Nc3nc4cccnc4s3)n2)CC1. The average molecular weight is 476 g/mol. The van der Waals surface area contributed by atoms with Crippen LogP contribution in [0.1, 0.15) is 44.2 Å². The fourth-order valence-corrected chi connectivity index (χ4v) is 5.12. The molecule has 3 aromatic rings. The number of thiazole rings is 1. The summed E-state index contributed by atoms with van der Waals surface area (Å²) >= 11 is 1.44. The van der Waals surface area contributed by atoms with Gasteiger partial charge in [0.1, 0.15) is 16.2 Å². The molecule has 0 unspecified atom stereocenters. The summed E-state index contributed by atoms with van der Waals surface area (Å²) in [5.41, 5.74) is 1.57. The number of aromatic nitrogens is 4. The third kappa shape index (κ3) is 5.71. The Morgan fingerprint density at radius 3 is 2.67 bits per heavy atom. The Morgan fingerprint density at radius 2 is 1.91 bits per heavy atom. The normalized spacial score (nSPS) is 23.5. The number of hydrogen-bond acceptors (Lipinski definition) is 9. The Bertz CT molecular complexity index is 1060. The molecule has 2 aliphatic rings. The summed E-state index contributed by atoms with van der Waals surface area (Å²) in [6.45, 7) is 1.16. The molecule has 0 atom stereocenters. The predicted octanol–water partition coefficient (Wildman–Crippen LogP) is 4.17. The molecule has 1 saturated carbocycles. The molecule has 0 amide bonds. The molecule has 4 heterocycles. The lowest BCUT2D eigenvalue weighted by molar-refractivity contribution is -0.0568. The van der Waals surface area contributed by atoms with E-state index in [2.05, 4.69) is 30.6 Å². The van der Waals surface area contributed by atoms with E-state index in [4.69, 9.17) is 0 Å². The highest BCUT2D eigenvalue weighted by Crippen LogP contribution is 2.30. The van der Waals surface area contributed by atoms with Crippen molar-refractivity contribution in [1.29, 1.82) is 0 Å². The quantitative estimate of drug-likeness (QED) is 0.489. The minimum atomic E-state index is -2.58. The van der Waals surface area contributed by atoms with E-state index in [1.165, 1.54) is 11.3 Å². The number of pyridine rings is 1. The van der Waals surface area contributed by atoms with Crippen LogP contribution in [0, 0.1) is 0 Å². The number of anilines is 3. The van der Waals surface area contributed by atoms with Gasteiger partial charge in [-0.2, -0.15) is 4.98 Å². The maximum atomic E-state index is 13.6. The lowest BCUT2D eigenvalue weighted by Gasteiger charge is -2.31. The van der Waals surface area contributed by atoms with Crippen molar-refractivity contribution in [3.8, 4) is 0 Å². The van der Waals surface area contributed by atoms with Gasteiger partial charge in [-0.1, -0.05) is 11.3 Å². The molecule has 0 bridgehead atoms. The van der Waals surface area contributed by atoms with Crippen LogP contribution < -0.4 is 10.6 Å². The summed E-state index contributed by atoms with van der Waals surface area (Å²) in [7, 11) is 0. The smallest absolute Gasteiger partial charge is 0.250 e. The maximum absolute atomic E-state index is 13.6. The Balaban J connectivity index is 1.36. The van der Waals surface area contributed by atoms with Crippen molar-refractivity contribution in [2.24, 2.45) is 0 Å². The van der Waals surface area contributed by atoms with E-state index in [1.54, 1.807) is 6.20 Å². The van der Waals surface area contributed by atoms with Crippen molar-refractivity contribution >= 4 is 38.6 Å². The summed E-state index contributed by atoms with van der Waals surface area (Å²) in [6, 6.07) is 5.80. The second-order valence-electron chi connectivity index (χ2n) is 8.82. The van der Waals surface area contributed by atoms with E-state index in [0.717, 1.165) is 41.7 Å². The fourth-order valence-electron chi connectivity index (χ4n) is 4.31. The molecule has 176 valence electrons. The largest absolute Gasteiger partial charge is 0.393 e. The first-order valence-corrected chi connectivity index (χ1v) is 12.1. The Hall–Kier alpha value is -2.50. The van der Waals surface area contributed by atoms with E-state index in [9.17, 15) is 13.9 Å². The summed E-state index contributed by atoms with van der Waals surface area (Å²) in [5, 5.41) is 17.1. The van der Waals surface area contributed by atoms with Crippen LogP contribution in [-0.4, -0.2) is 61.1 Å². The van der Waals surface area contributed by atoms with Gasteiger partial charge in [0.25, 0.3) is 5.92 Å². The zero-order chi connectivity index (χ0) is 22.8. The summed E-state index contributed by atoms with van der Waals surface area (Å²) < 4.78 is 27.1. The van der Waals surface area contributed by atoms with Gasteiger partial charge in [0.15, 0.2) is 5.13 Å². The number of fused-ring (bicyclic) bond motifs is 1. The van der Waals surface area contributed by atoms with Crippen molar-refractivity contribution in [3.63, 3.8) is 0 Å². The number of piperidine rings is 1. The van der Waals surface area contributed by atoms with Crippen molar-refractivity contribution in [1.82, 2.24) is 24.8 Å². The van der Waals surface area contributed by atoms with Crippen LogP contribution in [0.15, 0.2) is 24.4 Å². The van der Waals surface area contributed by atoms with Crippen LogP contribution in [0.5, 0.6) is 0 Å². The van der Waals surface area contributed by atoms with E-state index >= 15 is 0 Å². The monoisotopic (exact) mass is 475 g/mol. The zero-order valence-corrected chi connectivity index (χ0v) is 19.0. The van der Waals surface area contributed by atoms with Crippen molar-refractivity contribution < 1.29 is 13.9 Å². The van der Waals surface area contributed by atoms with Gasteiger partial charge >= 0.3 is 0 Å². The van der Waals surface area contributed by atoms with Gasteiger partial charge in [0.2, 0.25) is 5.95 Å². The summed E-state index contributed by atoms with van der Waals surface area (Å²) in [4.78, 5) is 21.1. The third-order valence-electron chi connectivity index (χ3n) is 6.18. The molecule has 1 aliphatic heterocycles. The average Bonchev–Trinajstić information content (AvgIpc) is 3.19. The van der Waals surface area contributed by atoms with Gasteiger partial charge in [0.05, 0.1) is 11.8 Å². The molecule has 33 heavy (non-hydrogen) atoms. The van der Waals surface area contributed by atoms with Crippen LogP contribution in [0.4, 0.5) is 25.7 Å². The Kier molecular flexibility index (Phi) is 6.35. The highest BCUT2D eigenvalue weighted by Gasteiger charge is 2.34. The molecular formula is C22H27F2N7OS. The van der Waals surface area contributed by atoms with Crippen molar-refractivity contribution in [3.05, 3.63) is 30.1 Å². The second-order valence-corrected chi connectivity index (χ2v) is 9.80. The van der Waals surface area contributed by atoms with Gasteiger partial charge < -0.3 is 15.7 Å². The van der Waals surface area contributed by atoms with Crippen LogP contribution >= 0.6 is 11.3 Å². The molecule has 1 aliphatic carbocycles. The van der Waals surface area contributed by atoms with Crippen LogP contribution in [-0.2, 0) is 6.54 Å². The maximum Gasteiger partial charge on any atom is 0.250 e. The molecule has 0 spiro atoms. The molecule has 11 heteroatoms. The molecule has 3 aromatic heterocycles. The third-order valence-corrected chi connectivity index (χ3v) is 7.08. The number of hydrogen-bond donors (Lipinski definition) is 3. The minimum Gasteiger partial charge on any atom is -0.393 e. The lowest BCUT2D eigenvalue weighted by atomic mass is 9.93. The Labute approximate surface area is 194 Å². The molecular weight excluding hydrogens is 448 g/mol. The van der Waals surface area contributed by atoms with Gasteiger partial charge in [-0.3, -0.25) is 4.90 Å². The fraction of sp³-hybridized carbons (Fsp3) is 0.545. The minimum absolute atomic E-state index is 0.128. The van der Waals surface area contributed by atoms with Crippen LogP contribution in [0.25, 0.3) is 10.3 Å². The number of rotatable bonds is 6. The predicted molar refractivity (Wildman–Crippen MR) is 124 cm³/mol. The summed E-state index contributed by atoms with van der Waals surface area (Å²) in [5.74, 6) is -1.48. The zero-order valence-electron chi connectivity index (χ0n) is 18.2. The number of nitrogens with one attached hydrogen (secondary N) is 2. The van der Waals surface area contributed by atoms with Gasteiger partial charge in [-0.25, -0.2) is 23.7 Å². The number of alkyl halides is 2. The molecule has 5 rings (SSSR count). The first kappa shape index (κ1) is 22.3. The molecule has 1 saturated heterocycles. The first-order chi connectivity index (χ1) is 15.9. The number of aliphatic hydroxyl groups excluding tert-OH is 1. The van der Waals surface area contributed by atoms with Crippen LogP contribution in [0.3, 0.4) is 0 Å². The second kappa shape index (κ2) is 9.40. The number of likely N-dealkylation sites (tertiary alicyclic amines) is 1. The molecule has 8 nitrogen and oxygen atoms in total. The number of nitrogens with zero attached hydrogens (tertiary/aromatic N) is 5. The van der Waals surface area contributed by atoms with E-state index in [-0.39, 0.29) is 25.0 Å². The molecule has 0 aromatic carbocycles. The summed E-state index contributed by atoms with van der Waals surface area (Å²) in [6.07, 6.45) is 4.45. The number of halogens is 2. The van der Waals surface area contributed by atoms with Crippen molar-refractivity contribution in [2.45, 2.75) is 63.1 Å². The van der Waals surface area contributed by atoms with Crippen LogP contribution in [0.2, 0.25) is 0 Å². The topological polar surface area (TPSA) is 99.1 Å². The number of aliphatic hydroxyl groups is 1. The van der Waals surface area contributed by atoms with Crippen molar-refractivity contribution in [2.75, 3.05) is 23.7 Å². The molecule has 0 radical (unpaired) electrons. The van der Waals surface area contributed by atoms with E-state index in [1.807, 2.05) is 23.1 Å². The van der Waals surface area contributed by atoms with E-state index in [0.29, 0.717) is 36.5 Å². The van der Waals surface area contributed by atoms with Gasteiger partial charge in [0, 0.05) is 50.8 Å². The molecule has 3 N–H and O–H groups in total. The van der Waals surface area contributed by atoms with Gasteiger partial charge in [-0.15, -0.1) is 0 Å². The van der Waals surface area contributed by atoms with Gasteiger partial charge in [-0.05, 0) is 37.8 Å². The standard InChI is InChI=1S/C22H27F2N7OS/c23-22(24)7-10-31(11-8-22)13-15-12-18(30-21-28-17-2-1-9-25-19(17)33-21)29-20(27-15)26-14-3-5-16(32)6-4-14/h1-2,9,12,14,16,32H,3-8,10-11,13H2,(H2,26,27,28,29,30)/t14-,16-.